The molecule has 0 unspecified atom stereocenters. The SMILES string of the molecule is CCCC[C@@H](CC)C(=O)N1CCC(c2nc3ccccc3o2)CC1. The van der Waals surface area contributed by atoms with Gasteiger partial charge in [-0.05, 0) is 37.8 Å². The summed E-state index contributed by atoms with van der Waals surface area (Å²) in [5.41, 5.74) is 1.79. The molecule has 0 N–H and O–H groups in total. The Kier molecular flexibility index (Phi) is 5.54. The molecule has 130 valence electrons. The van der Waals surface area contributed by atoms with Crippen LogP contribution in [0.1, 0.15) is 64.2 Å². The van der Waals surface area contributed by atoms with Crippen molar-refractivity contribution >= 4 is 17.0 Å². The predicted octanol–water partition coefficient (Wildman–Crippen LogP) is 4.75. The number of aromatic nitrogens is 1. The molecule has 1 fully saturated rings. The van der Waals surface area contributed by atoms with Crippen molar-refractivity contribution in [2.24, 2.45) is 5.92 Å². The summed E-state index contributed by atoms with van der Waals surface area (Å²) in [6.45, 7) is 5.96. The smallest absolute Gasteiger partial charge is 0.225 e. The Morgan fingerprint density at radius 3 is 2.71 bits per heavy atom. The highest BCUT2D eigenvalue weighted by atomic mass is 16.3. The number of carbonyl (C=O) groups is 1. The molecule has 2 aromatic rings. The van der Waals surface area contributed by atoms with Gasteiger partial charge in [-0.15, -0.1) is 0 Å². The lowest BCUT2D eigenvalue weighted by atomic mass is 9.93. The van der Waals surface area contributed by atoms with E-state index in [9.17, 15) is 4.79 Å². The minimum absolute atomic E-state index is 0.200. The second kappa shape index (κ2) is 7.82. The summed E-state index contributed by atoms with van der Waals surface area (Å²) in [6, 6.07) is 7.90. The molecule has 0 radical (unpaired) electrons. The summed E-state index contributed by atoms with van der Waals surface area (Å²) in [6.07, 6.45) is 6.17. The summed E-state index contributed by atoms with van der Waals surface area (Å²) in [4.78, 5) is 19.4. The second-order valence-corrected chi connectivity index (χ2v) is 6.87. The Bertz CT molecular complexity index is 638. The Labute approximate surface area is 144 Å². The molecule has 1 saturated heterocycles. The highest BCUT2D eigenvalue weighted by molar-refractivity contribution is 5.79. The van der Waals surface area contributed by atoms with Gasteiger partial charge >= 0.3 is 0 Å². The zero-order valence-electron chi connectivity index (χ0n) is 14.8. The van der Waals surface area contributed by atoms with Crippen LogP contribution in [-0.2, 0) is 4.79 Å². The van der Waals surface area contributed by atoms with E-state index in [-0.39, 0.29) is 5.92 Å². The monoisotopic (exact) mass is 328 g/mol. The average Bonchev–Trinajstić information content (AvgIpc) is 3.06. The zero-order valence-corrected chi connectivity index (χ0v) is 14.8. The van der Waals surface area contributed by atoms with Crippen molar-refractivity contribution in [1.29, 1.82) is 0 Å². The fraction of sp³-hybridized carbons (Fsp3) is 0.600. The van der Waals surface area contributed by atoms with Crippen LogP contribution in [-0.4, -0.2) is 28.9 Å². The van der Waals surface area contributed by atoms with Crippen molar-refractivity contribution in [2.45, 2.75) is 58.3 Å². The second-order valence-electron chi connectivity index (χ2n) is 6.87. The maximum Gasteiger partial charge on any atom is 0.225 e. The molecule has 1 atom stereocenters. The number of hydrogen-bond donors (Lipinski definition) is 0. The normalized spacial score (nSPS) is 17.3. The summed E-state index contributed by atoms with van der Waals surface area (Å²) in [7, 11) is 0. The minimum Gasteiger partial charge on any atom is -0.440 e. The Balaban J connectivity index is 1.59. The molecule has 0 saturated carbocycles. The van der Waals surface area contributed by atoms with Crippen LogP contribution in [0.5, 0.6) is 0 Å². The molecule has 1 amide bonds. The van der Waals surface area contributed by atoms with Gasteiger partial charge in [0.1, 0.15) is 5.52 Å². The lowest BCUT2D eigenvalue weighted by Crippen LogP contribution is -2.41. The molecule has 0 spiro atoms. The number of fused-ring (bicyclic) bond motifs is 1. The van der Waals surface area contributed by atoms with Gasteiger partial charge in [-0.25, -0.2) is 4.98 Å². The molecule has 1 aliphatic rings. The topological polar surface area (TPSA) is 46.3 Å². The first kappa shape index (κ1) is 17.0. The van der Waals surface area contributed by atoms with Crippen LogP contribution in [0.15, 0.2) is 28.7 Å². The van der Waals surface area contributed by atoms with Crippen LogP contribution in [0.2, 0.25) is 0 Å². The molecule has 24 heavy (non-hydrogen) atoms. The van der Waals surface area contributed by atoms with Crippen LogP contribution < -0.4 is 0 Å². The lowest BCUT2D eigenvalue weighted by Gasteiger charge is -2.33. The van der Waals surface area contributed by atoms with Crippen molar-refractivity contribution in [1.82, 2.24) is 9.88 Å². The highest BCUT2D eigenvalue weighted by Crippen LogP contribution is 2.31. The van der Waals surface area contributed by atoms with Gasteiger partial charge in [0.15, 0.2) is 11.5 Å². The minimum atomic E-state index is 0.200. The number of carbonyl (C=O) groups excluding carboxylic acids is 1. The van der Waals surface area contributed by atoms with E-state index in [4.69, 9.17) is 4.42 Å². The summed E-state index contributed by atoms with van der Waals surface area (Å²) in [5.74, 6) is 1.71. The van der Waals surface area contributed by atoms with Crippen LogP contribution in [0.4, 0.5) is 0 Å². The maximum atomic E-state index is 12.7. The fourth-order valence-electron chi connectivity index (χ4n) is 3.62. The van der Waals surface area contributed by atoms with Crippen LogP contribution in [0.25, 0.3) is 11.1 Å². The third kappa shape index (κ3) is 3.63. The molecule has 3 rings (SSSR count). The summed E-state index contributed by atoms with van der Waals surface area (Å²) in [5, 5.41) is 0. The van der Waals surface area contributed by atoms with E-state index in [1.165, 1.54) is 0 Å². The highest BCUT2D eigenvalue weighted by Gasteiger charge is 2.29. The van der Waals surface area contributed by atoms with Gasteiger partial charge in [-0.3, -0.25) is 4.79 Å². The van der Waals surface area contributed by atoms with Gasteiger partial charge in [-0.1, -0.05) is 38.8 Å². The van der Waals surface area contributed by atoms with E-state index < -0.39 is 0 Å². The average molecular weight is 328 g/mol. The third-order valence-corrected chi connectivity index (χ3v) is 5.21. The van der Waals surface area contributed by atoms with Crippen molar-refractivity contribution in [3.8, 4) is 0 Å². The molecule has 4 heteroatoms. The maximum absolute atomic E-state index is 12.7. The number of nitrogens with zero attached hydrogens (tertiary/aromatic N) is 2. The Hall–Kier alpha value is -1.84. The largest absolute Gasteiger partial charge is 0.440 e. The first-order valence-corrected chi connectivity index (χ1v) is 9.37. The van der Waals surface area contributed by atoms with Crippen molar-refractivity contribution in [2.75, 3.05) is 13.1 Å². The lowest BCUT2D eigenvalue weighted by molar-refractivity contribution is -0.137. The van der Waals surface area contributed by atoms with Gasteiger partial charge < -0.3 is 9.32 Å². The number of oxazole rings is 1. The van der Waals surface area contributed by atoms with Gasteiger partial charge in [0, 0.05) is 24.9 Å². The fourth-order valence-corrected chi connectivity index (χ4v) is 3.62. The molecule has 1 aromatic carbocycles. The number of rotatable bonds is 6. The van der Waals surface area contributed by atoms with Gasteiger partial charge in [0.05, 0.1) is 0 Å². The summed E-state index contributed by atoms with van der Waals surface area (Å²) < 4.78 is 5.91. The molecular weight excluding hydrogens is 300 g/mol. The number of piperidine rings is 1. The van der Waals surface area contributed by atoms with Crippen LogP contribution in [0, 0.1) is 5.92 Å². The number of benzene rings is 1. The van der Waals surface area contributed by atoms with Crippen LogP contribution in [0.3, 0.4) is 0 Å². The van der Waals surface area contributed by atoms with Crippen molar-refractivity contribution in [3.05, 3.63) is 30.2 Å². The molecule has 0 aliphatic carbocycles. The first-order valence-electron chi connectivity index (χ1n) is 9.37. The van der Waals surface area contributed by atoms with Crippen molar-refractivity contribution < 1.29 is 9.21 Å². The van der Waals surface area contributed by atoms with Gasteiger partial charge in [0.2, 0.25) is 5.91 Å². The number of para-hydroxylation sites is 2. The standard InChI is InChI=1S/C20H28N2O2/c1-3-5-8-15(4-2)20(23)22-13-11-16(12-14-22)19-21-17-9-6-7-10-18(17)24-19/h6-7,9-10,15-16H,3-5,8,11-14H2,1-2H3/t15-/m1/s1. The predicted molar refractivity (Wildman–Crippen MR) is 95.9 cm³/mol. The Morgan fingerprint density at radius 1 is 1.29 bits per heavy atom. The number of amides is 1. The van der Waals surface area contributed by atoms with Crippen molar-refractivity contribution in [3.63, 3.8) is 0 Å². The molecule has 2 heterocycles. The van der Waals surface area contributed by atoms with E-state index >= 15 is 0 Å². The number of unbranched alkanes of at least 4 members (excludes halogenated alkanes) is 1. The van der Waals surface area contributed by atoms with Gasteiger partial charge in [-0.2, -0.15) is 0 Å². The number of hydrogen-bond acceptors (Lipinski definition) is 3. The zero-order chi connectivity index (χ0) is 16.9. The van der Waals surface area contributed by atoms with E-state index in [1.54, 1.807) is 0 Å². The molecule has 0 bridgehead atoms. The quantitative estimate of drug-likeness (QED) is 0.768. The van der Waals surface area contributed by atoms with E-state index in [2.05, 4.69) is 23.7 Å². The van der Waals surface area contributed by atoms with E-state index in [0.717, 1.165) is 68.6 Å². The number of likely N-dealkylation sites (tertiary alicyclic amines) is 1. The van der Waals surface area contributed by atoms with E-state index in [1.807, 2.05) is 24.3 Å². The first-order chi connectivity index (χ1) is 11.7. The molecular formula is C20H28N2O2. The molecule has 1 aliphatic heterocycles. The van der Waals surface area contributed by atoms with Gasteiger partial charge in [0.25, 0.3) is 0 Å². The third-order valence-electron chi connectivity index (χ3n) is 5.21. The summed E-state index contributed by atoms with van der Waals surface area (Å²) >= 11 is 0. The Morgan fingerprint density at radius 2 is 2.04 bits per heavy atom. The molecule has 4 nitrogen and oxygen atoms in total. The molecule has 1 aromatic heterocycles. The van der Waals surface area contributed by atoms with Crippen LogP contribution >= 0.6 is 0 Å². The van der Waals surface area contributed by atoms with E-state index in [0.29, 0.717) is 11.8 Å².